The predicted molar refractivity (Wildman–Crippen MR) is 40.6 cm³/mol. The van der Waals surface area contributed by atoms with Gasteiger partial charge >= 0.3 is 58.2 Å². The van der Waals surface area contributed by atoms with Crippen LogP contribution in [0.25, 0.3) is 0 Å². The zero-order valence-electron chi connectivity index (χ0n) is 7.97. The molecule has 0 aromatic carbocycles. The van der Waals surface area contributed by atoms with Gasteiger partial charge in [-0.2, -0.15) is 0 Å². The van der Waals surface area contributed by atoms with Gasteiger partial charge in [0.15, 0.2) is 0 Å². The molecule has 1 nitrogen and oxygen atoms in total. The Labute approximate surface area is 119 Å². The van der Waals surface area contributed by atoms with E-state index in [-0.39, 0.29) is 64.3 Å². The number of rotatable bonds is 1. The Kier molecular flexibility index (Phi) is 7.26. The van der Waals surface area contributed by atoms with Crippen LogP contribution < -0.4 is 63.3 Å². The third kappa shape index (κ3) is 4.51. The van der Waals surface area contributed by atoms with Crippen molar-refractivity contribution in [3.8, 4) is 0 Å². The minimum atomic E-state index is -0.241. The van der Waals surface area contributed by atoms with Crippen LogP contribution in [0.15, 0.2) is 0 Å². The van der Waals surface area contributed by atoms with Crippen LogP contribution in [0.2, 0.25) is 0 Å². The van der Waals surface area contributed by atoms with Crippen LogP contribution in [-0.4, -0.2) is 6.10 Å². The van der Waals surface area contributed by atoms with Crippen LogP contribution in [0.3, 0.4) is 0 Å². The van der Waals surface area contributed by atoms with Crippen molar-refractivity contribution >= 4 is 0 Å². The molecule has 60 valence electrons. The van der Waals surface area contributed by atoms with E-state index in [1.807, 2.05) is 0 Å². The second-order valence-electron chi connectivity index (χ2n) is 3.78. The van der Waals surface area contributed by atoms with Crippen LogP contribution in [0.5, 0.6) is 0 Å². The third-order valence-corrected chi connectivity index (χ3v) is 2.66. The summed E-state index contributed by atoms with van der Waals surface area (Å²) in [5.74, 6) is 1.62. The van der Waals surface area contributed by atoms with Crippen molar-refractivity contribution in [1.29, 1.82) is 0 Å². The zero-order valence-corrected chi connectivity index (χ0v) is 12.9. The van der Waals surface area contributed by atoms with Gasteiger partial charge in [0, 0.05) is 0 Å². The summed E-state index contributed by atoms with van der Waals surface area (Å²) in [6, 6.07) is 0. The Morgan fingerprint density at radius 3 is 1.91 bits per heavy atom. The Morgan fingerprint density at radius 1 is 1.09 bits per heavy atom. The maximum Gasteiger partial charge on any atom is 1.00 e. The fourth-order valence-corrected chi connectivity index (χ4v) is 1.76. The minimum Gasteiger partial charge on any atom is -0.852 e. The van der Waals surface area contributed by atoms with E-state index in [0.29, 0.717) is 0 Å². The van der Waals surface area contributed by atoms with Gasteiger partial charge < -0.3 is 5.11 Å². The van der Waals surface area contributed by atoms with E-state index in [1.165, 1.54) is 12.8 Å². The van der Waals surface area contributed by atoms with E-state index in [1.54, 1.807) is 0 Å². The Bertz CT molecular complexity index is 95.7. The van der Waals surface area contributed by atoms with Crippen molar-refractivity contribution in [2.24, 2.45) is 11.8 Å². The molecule has 0 saturated heterocycles. The van der Waals surface area contributed by atoms with Gasteiger partial charge in [-0.15, -0.1) is 6.10 Å². The summed E-state index contributed by atoms with van der Waals surface area (Å²) in [7, 11) is 0. The first-order valence-electron chi connectivity index (χ1n) is 4.36. The van der Waals surface area contributed by atoms with Crippen LogP contribution in [-0.2, 0) is 0 Å². The monoisotopic (exact) mass is 226 g/mol. The van der Waals surface area contributed by atoms with Gasteiger partial charge in [-0.25, -0.2) is 0 Å². The molecule has 0 bridgehead atoms. The molecule has 0 aromatic heterocycles. The average Bonchev–Trinajstić information content (AvgIpc) is 1.88. The summed E-state index contributed by atoms with van der Waals surface area (Å²) in [5.41, 5.74) is 0. The summed E-state index contributed by atoms with van der Waals surface area (Å²) in [6.07, 6.45) is 3.94. The van der Waals surface area contributed by atoms with Gasteiger partial charge in [-0.1, -0.05) is 39.5 Å². The number of hydrogen-bond donors (Lipinski definition) is 0. The Morgan fingerprint density at radius 2 is 1.55 bits per heavy atom. The summed E-state index contributed by atoms with van der Waals surface area (Å²) >= 11 is 0. The molecule has 0 N–H and O–H groups in total. The largest absolute Gasteiger partial charge is 1.00 e. The van der Waals surface area contributed by atoms with Crippen molar-refractivity contribution in [3.05, 3.63) is 0 Å². The van der Waals surface area contributed by atoms with Gasteiger partial charge in [-0.3, -0.25) is 0 Å². The molecule has 0 radical (unpaired) electrons. The summed E-state index contributed by atoms with van der Waals surface area (Å²) in [6.45, 7) is 4.52. The average molecular weight is 227 g/mol. The van der Waals surface area contributed by atoms with Gasteiger partial charge in [-0.05, 0) is 11.8 Å². The first-order chi connectivity index (χ1) is 4.70. The van der Waals surface area contributed by atoms with Crippen LogP contribution in [0, 0.1) is 11.8 Å². The summed E-state index contributed by atoms with van der Waals surface area (Å²) in [4.78, 5) is 0. The molecule has 1 aliphatic rings. The summed E-state index contributed by atoms with van der Waals surface area (Å²) < 4.78 is 0. The van der Waals surface area contributed by atoms with Crippen molar-refractivity contribution in [1.82, 2.24) is 0 Å². The van der Waals surface area contributed by atoms with E-state index < -0.39 is 0 Å². The molecule has 0 aromatic rings. The quantitative estimate of drug-likeness (QED) is 0.538. The molecule has 1 rings (SSSR count). The SMILES string of the molecule is CC(C)C1CCC([O-])CC1.[Rb+]. The molecule has 0 heterocycles. The fourth-order valence-electron chi connectivity index (χ4n) is 1.76. The standard InChI is InChI=1S/C9H17O.Rb/c1-7(2)8-3-5-9(10)6-4-8;/h7-9H,3-6H2,1-2H3;/q-1;+1. The van der Waals surface area contributed by atoms with Crippen LogP contribution in [0.4, 0.5) is 0 Å². The number of hydrogen-bond acceptors (Lipinski definition) is 1. The normalized spacial score (nSPS) is 31.6. The molecule has 1 aliphatic carbocycles. The van der Waals surface area contributed by atoms with Gasteiger partial charge in [0.25, 0.3) is 0 Å². The molecule has 0 atom stereocenters. The molecule has 1 fully saturated rings. The Balaban J connectivity index is 0.000001000. The van der Waals surface area contributed by atoms with E-state index in [9.17, 15) is 5.11 Å². The Hall–Kier alpha value is 1.77. The van der Waals surface area contributed by atoms with Crippen molar-refractivity contribution < 1.29 is 63.3 Å². The van der Waals surface area contributed by atoms with Crippen molar-refractivity contribution in [3.63, 3.8) is 0 Å². The molecule has 2 heteroatoms. The van der Waals surface area contributed by atoms with Crippen molar-refractivity contribution in [2.75, 3.05) is 0 Å². The fraction of sp³-hybridized carbons (Fsp3) is 1.00. The predicted octanol–water partition coefficient (Wildman–Crippen LogP) is -1.43. The first kappa shape index (κ1) is 12.8. The van der Waals surface area contributed by atoms with Gasteiger partial charge in [0.05, 0.1) is 0 Å². The van der Waals surface area contributed by atoms with Crippen molar-refractivity contribution in [2.45, 2.75) is 45.6 Å². The molecule has 11 heavy (non-hydrogen) atoms. The summed E-state index contributed by atoms with van der Waals surface area (Å²) in [5, 5.41) is 10.9. The molecule has 0 aliphatic heterocycles. The van der Waals surface area contributed by atoms with Crippen LogP contribution >= 0.6 is 0 Å². The third-order valence-electron chi connectivity index (χ3n) is 2.66. The second kappa shape index (κ2) is 6.25. The van der Waals surface area contributed by atoms with E-state index >= 15 is 0 Å². The van der Waals surface area contributed by atoms with E-state index in [4.69, 9.17) is 0 Å². The molecule has 0 unspecified atom stereocenters. The molecular formula is C9H17ORb. The molecule has 0 spiro atoms. The smallest absolute Gasteiger partial charge is 0.852 e. The van der Waals surface area contributed by atoms with Crippen LogP contribution in [0.1, 0.15) is 39.5 Å². The maximum atomic E-state index is 10.9. The van der Waals surface area contributed by atoms with Gasteiger partial charge in [0.2, 0.25) is 0 Å². The molecule has 0 amide bonds. The molecular weight excluding hydrogens is 210 g/mol. The topological polar surface area (TPSA) is 23.1 Å². The maximum absolute atomic E-state index is 10.9. The van der Waals surface area contributed by atoms with E-state index in [0.717, 1.165) is 24.7 Å². The second-order valence-corrected chi connectivity index (χ2v) is 3.78. The van der Waals surface area contributed by atoms with Gasteiger partial charge in [0.1, 0.15) is 0 Å². The minimum absolute atomic E-state index is 0. The zero-order chi connectivity index (χ0) is 7.56. The first-order valence-corrected chi connectivity index (χ1v) is 4.36. The molecule has 1 saturated carbocycles. The van der Waals surface area contributed by atoms with E-state index in [2.05, 4.69) is 13.8 Å².